The molecule has 2 aromatic carbocycles. The van der Waals surface area contributed by atoms with E-state index in [9.17, 15) is 22.4 Å². The Balaban J connectivity index is 1.76. The Morgan fingerprint density at radius 1 is 1.12 bits per heavy atom. The van der Waals surface area contributed by atoms with Crippen LogP contribution in [0.5, 0.6) is 0 Å². The second-order valence-corrected chi connectivity index (χ2v) is 10.9. The summed E-state index contributed by atoms with van der Waals surface area (Å²) in [5.74, 6) is -1.41. The molecule has 1 heterocycles. The molecule has 4 rings (SSSR count). The van der Waals surface area contributed by atoms with Gasteiger partial charge in [0.25, 0.3) is 0 Å². The van der Waals surface area contributed by atoms with E-state index in [1.165, 1.54) is 35.2 Å². The van der Waals surface area contributed by atoms with Crippen LogP contribution in [0.15, 0.2) is 53.4 Å². The number of halogens is 1. The lowest BCUT2D eigenvalue weighted by atomic mass is 9.93. The molecule has 7 nitrogen and oxygen atoms in total. The topological polar surface area (TPSA) is 86.8 Å². The SMILES string of the molecule is Cc1cc(F)ccc1N1C(=O)CN(S(=O)(=O)c2ccccc2)C[C@]1(C)C(=O)NC1CCCC1. The Morgan fingerprint density at radius 2 is 1.79 bits per heavy atom. The molecule has 33 heavy (non-hydrogen) atoms. The van der Waals surface area contributed by atoms with Gasteiger partial charge in [-0.25, -0.2) is 12.8 Å². The van der Waals surface area contributed by atoms with E-state index in [0.717, 1.165) is 30.0 Å². The van der Waals surface area contributed by atoms with Crippen molar-refractivity contribution in [2.75, 3.05) is 18.0 Å². The Kier molecular flexibility index (Phi) is 6.28. The number of nitrogens with one attached hydrogen (secondary N) is 1. The van der Waals surface area contributed by atoms with Gasteiger partial charge in [-0.2, -0.15) is 4.31 Å². The molecule has 2 fully saturated rings. The zero-order chi connectivity index (χ0) is 23.8. The van der Waals surface area contributed by atoms with Crippen molar-refractivity contribution in [2.24, 2.45) is 0 Å². The average molecular weight is 474 g/mol. The fourth-order valence-electron chi connectivity index (χ4n) is 4.73. The van der Waals surface area contributed by atoms with Crippen molar-refractivity contribution in [3.8, 4) is 0 Å². The van der Waals surface area contributed by atoms with Crippen molar-refractivity contribution in [1.82, 2.24) is 9.62 Å². The van der Waals surface area contributed by atoms with Gasteiger partial charge < -0.3 is 5.32 Å². The lowest BCUT2D eigenvalue weighted by molar-refractivity contribution is -0.133. The molecule has 1 saturated heterocycles. The van der Waals surface area contributed by atoms with Crippen molar-refractivity contribution in [2.45, 2.75) is 56.0 Å². The van der Waals surface area contributed by atoms with Gasteiger partial charge in [0, 0.05) is 18.3 Å². The van der Waals surface area contributed by atoms with Gasteiger partial charge in [0.2, 0.25) is 21.8 Å². The van der Waals surface area contributed by atoms with Crippen LogP contribution in [-0.4, -0.2) is 49.2 Å². The molecule has 1 aliphatic heterocycles. The Hall–Kier alpha value is -2.78. The van der Waals surface area contributed by atoms with Crippen LogP contribution in [0.25, 0.3) is 0 Å². The van der Waals surface area contributed by atoms with E-state index in [1.54, 1.807) is 32.0 Å². The Bertz CT molecular complexity index is 1170. The molecule has 9 heteroatoms. The standard InChI is InChI=1S/C24H28FN3O4S/c1-17-14-18(25)12-13-21(17)28-22(29)15-27(33(31,32)20-10-4-3-5-11-20)16-24(28,2)23(30)26-19-8-6-7-9-19/h3-5,10-14,19H,6-9,15-16H2,1-2H3,(H,26,30)/t24-/m1/s1. The predicted molar refractivity (Wildman–Crippen MR) is 123 cm³/mol. The predicted octanol–water partition coefficient (Wildman–Crippen LogP) is 2.99. The highest BCUT2D eigenvalue weighted by Crippen LogP contribution is 2.34. The molecule has 0 radical (unpaired) electrons. The molecule has 1 aliphatic carbocycles. The second-order valence-electron chi connectivity index (χ2n) is 8.97. The molecule has 1 N–H and O–H groups in total. The first-order valence-corrected chi connectivity index (χ1v) is 12.5. The minimum absolute atomic E-state index is 0.0123. The third kappa shape index (κ3) is 4.39. The molecule has 2 aliphatic rings. The van der Waals surface area contributed by atoms with Crippen molar-refractivity contribution in [3.63, 3.8) is 0 Å². The van der Waals surface area contributed by atoms with Crippen LogP contribution < -0.4 is 10.2 Å². The van der Waals surface area contributed by atoms with Crippen molar-refractivity contribution >= 4 is 27.5 Å². The fraction of sp³-hybridized carbons (Fsp3) is 0.417. The number of sulfonamides is 1. The summed E-state index contributed by atoms with van der Waals surface area (Å²) in [5.41, 5.74) is -0.632. The zero-order valence-electron chi connectivity index (χ0n) is 18.8. The number of carbonyl (C=O) groups is 2. The molecule has 176 valence electrons. The number of rotatable bonds is 5. The molecular weight excluding hydrogens is 445 g/mol. The van der Waals surface area contributed by atoms with Crippen LogP contribution >= 0.6 is 0 Å². The number of anilines is 1. The van der Waals surface area contributed by atoms with Crippen LogP contribution in [0.1, 0.15) is 38.2 Å². The number of carbonyl (C=O) groups excluding carboxylic acids is 2. The number of piperazine rings is 1. The Labute approximate surface area is 193 Å². The lowest BCUT2D eigenvalue weighted by Crippen LogP contribution is -2.70. The monoisotopic (exact) mass is 473 g/mol. The summed E-state index contributed by atoms with van der Waals surface area (Å²) in [7, 11) is -4.00. The van der Waals surface area contributed by atoms with Crippen LogP contribution in [0, 0.1) is 12.7 Å². The molecule has 2 aromatic rings. The maximum Gasteiger partial charge on any atom is 0.247 e. The third-order valence-corrected chi connectivity index (χ3v) is 8.30. The molecule has 2 amide bonds. The maximum absolute atomic E-state index is 13.8. The Morgan fingerprint density at radius 3 is 2.42 bits per heavy atom. The zero-order valence-corrected chi connectivity index (χ0v) is 19.6. The van der Waals surface area contributed by atoms with Crippen LogP contribution in [0.2, 0.25) is 0 Å². The molecule has 1 atom stereocenters. The number of aryl methyl sites for hydroxylation is 1. The number of nitrogens with zero attached hydrogens (tertiary/aromatic N) is 2. The van der Waals surface area contributed by atoms with Gasteiger partial charge in [-0.05, 0) is 62.6 Å². The number of hydrogen-bond acceptors (Lipinski definition) is 4. The first-order valence-electron chi connectivity index (χ1n) is 11.1. The average Bonchev–Trinajstić information content (AvgIpc) is 3.28. The van der Waals surface area contributed by atoms with E-state index in [-0.39, 0.29) is 17.5 Å². The molecular formula is C24H28FN3O4S. The van der Waals surface area contributed by atoms with Gasteiger partial charge >= 0.3 is 0 Å². The summed E-state index contributed by atoms with van der Waals surface area (Å²) in [6.07, 6.45) is 3.71. The van der Waals surface area contributed by atoms with E-state index in [0.29, 0.717) is 11.3 Å². The van der Waals surface area contributed by atoms with Crippen LogP contribution in [0.4, 0.5) is 10.1 Å². The van der Waals surface area contributed by atoms with E-state index in [4.69, 9.17) is 0 Å². The first-order chi connectivity index (χ1) is 15.6. The van der Waals surface area contributed by atoms with Gasteiger partial charge in [-0.1, -0.05) is 31.0 Å². The van der Waals surface area contributed by atoms with Gasteiger partial charge in [0.05, 0.1) is 11.4 Å². The second kappa shape index (κ2) is 8.87. The maximum atomic E-state index is 13.8. The van der Waals surface area contributed by atoms with E-state index in [2.05, 4.69) is 5.32 Å². The highest BCUT2D eigenvalue weighted by Gasteiger charge is 2.51. The smallest absolute Gasteiger partial charge is 0.247 e. The first kappa shape index (κ1) is 23.4. The lowest BCUT2D eigenvalue weighted by Gasteiger charge is -2.47. The fourth-order valence-corrected chi connectivity index (χ4v) is 6.23. The van der Waals surface area contributed by atoms with Gasteiger partial charge in [0.1, 0.15) is 11.4 Å². The third-order valence-electron chi connectivity index (χ3n) is 6.50. The van der Waals surface area contributed by atoms with Gasteiger partial charge in [-0.3, -0.25) is 14.5 Å². The highest BCUT2D eigenvalue weighted by atomic mass is 32.2. The van der Waals surface area contributed by atoms with Gasteiger partial charge in [0.15, 0.2) is 0 Å². The number of benzene rings is 2. The van der Waals surface area contributed by atoms with E-state index in [1.807, 2.05) is 0 Å². The quantitative estimate of drug-likeness (QED) is 0.723. The minimum atomic E-state index is -4.00. The van der Waals surface area contributed by atoms with Crippen LogP contribution in [-0.2, 0) is 19.6 Å². The number of hydrogen-bond donors (Lipinski definition) is 1. The summed E-state index contributed by atoms with van der Waals surface area (Å²) in [6.45, 7) is 2.60. The molecule has 0 unspecified atom stereocenters. The minimum Gasteiger partial charge on any atom is -0.351 e. The van der Waals surface area contributed by atoms with Crippen LogP contribution in [0.3, 0.4) is 0 Å². The molecule has 0 bridgehead atoms. The molecule has 0 aromatic heterocycles. The van der Waals surface area contributed by atoms with Gasteiger partial charge in [-0.15, -0.1) is 0 Å². The number of amides is 2. The molecule has 0 spiro atoms. The van der Waals surface area contributed by atoms with E-state index < -0.39 is 39.7 Å². The molecule has 1 saturated carbocycles. The summed E-state index contributed by atoms with van der Waals surface area (Å²) in [6, 6.07) is 11.8. The summed E-state index contributed by atoms with van der Waals surface area (Å²) in [5, 5.41) is 3.02. The summed E-state index contributed by atoms with van der Waals surface area (Å²) in [4.78, 5) is 28.4. The largest absolute Gasteiger partial charge is 0.351 e. The highest BCUT2D eigenvalue weighted by molar-refractivity contribution is 7.89. The van der Waals surface area contributed by atoms with Crippen molar-refractivity contribution in [1.29, 1.82) is 0 Å². The summed E-state index contributed by atoms with van der Waals surface area (Å²) >= 11 is 0. The van der Waals surface area contributed by atoms with Crippen molar-refractivity contribution in [3.05, 3.63) is 59.9 Å². The van der Waals surface area contributed by atoms with E-state index >= 15 is 0 Å². The summed E-state index contributed by atoms with van der Waals surface area (Å²) < 4.78 is 41.5. The van der Waals surface area contributed by atoms with Crippen molar-refractivity contribution < 1.29 is 22.4 Å². The normalized spacial score (nSPS) is 22.5.